The van der Waals surface area contributed by atoms with E-state index in [1.165, 1.54) is 28.0 Å². The highest BCUT2D eigenvalue weighted by atomic mass is 32.1. The molecule has 1 aliphatic rings. The topological polar surface area (TPSA) is 124 Å². The van der Waals surface area contributed by atoms with E-state index in [1.807, 2.05) is 12.3 Å². The summed E-state index contributed by atoms with van der Waals surface area (Å²) in [6.07, 6.45) is 2.47. The average molecular weight is 495 g/mol. The number of nitrogens with one attached hydrogen (secondary N) is 2. The highest BCUT2D eigenvalue weighted by Gasteiger charge is 2.23. The number of nitrogens with two attached hydrogens (primary N) is 1. The monoisotopic (exact) mass is 494 g/mol. The van der Waals surface area contributed by atoms with Crippen molar-refractivity contribution in [3.05, 3.63) is 69.8 Å². The molecule has 0 aliphatic carbocycles. The van der Waals surface area contributed by atoms with Gasteiger partial charge in [0.25, 0.3) is 11.8 Å². The lowest BCUT2D eigenvalue weighted by molar-refractivity contribution is 0.0927. The third-order valence-corrected chi connectivity index (χ3v) is 6.76. The molecule has 2 amide bonds. The Morgan fingerprint density at radius 3 is 2.77 bits per heavy atom. The number of nitrogen functional groups attached to an aromatic ring is 1. The Morgan fingerprint density at radius 2 is 2.03 bits per heavy atom. The molecule has 0 radical (unpaired) electrons. The fraction of sp³-hybridized carbons (Fsp3) is 0.250. The lowest BCUT2D eigenvalue weighted by atomic mass is 10.1. The molecule has 2 atom stereocenters. The fourth-order valence-electron chi connectivity index (χ4n) is 3.95. The lowest BCUT2D eigenvalue weighted by Gasteiger charge is -2.13. The number of nitrogens with zero attached hydrogens (tertiary/aromatic N) is 3. The van der Waals surface area contributed by atoms with Crippen LogP contribution in [0, 0.1) is 5.82 Å². The number of benzene rings is 1. The molecule has 11 heteroatoms. The van der Waals surface area contributed by atoms with Crippen LogP contribution in [-0.2, 0) is 4.74 Å². The SMILES string of the molecule is C[C@H](NC(=O)c1cc(-c2cc(C(=O)N[C@H]3CCOC3)c3nc(N)nn3c2)cs1)c1ccc(F)cc1. The van der Waals surface area contributed by atoms with Gasteiger partial charge < -0.3 is 21.1 Å². The second kappa shape index (κ2) is 9.43. The van der Waals surface area contributed by atoms with Gasteiger partial charge in [-0.2, -0.15) is 4.98 Å². The van der Waals surface area contributed by atoms with Crippen molar-refractivity contribution in [2.75, 3.05) is 18.9 Å². The Morgan fingerprint density at radius 1 is 1.23 bits per heavy atom. The predicted octanol–water partition coefficient (Wildman–Crippen LogP) is 3.19. The fourth-order valence-corrected chi connectivity index (χ4v) is 4.77. The van der Waals surface area contributed by atoms with E-state index >= 15 is 0 Å². The van der Waals surface area contributed by atoms with E-state index in [-0.39, 0.29) is 35.7 Å². The van der Waals surface area contributed by atoms with E-state index in [9.17, 15) is 14.0 Å². The van der Waals surface area contributed by atoms with Gasteiger partial charge in [0.1, 0.15) is 5.82 Å². The Labute approximate surface area is 204 Å². The van der Waals surface area contributed by atoms with Crippen molar-refractivity contribution in [2.45, 2.75) is 25.4 Å². The van der Waals surface area contributed by atoms with E-state index < -0.39 is 0 Å². The maximum absolute atomic E-state index is 13.2. The molecule has 0 unspecified atom stereocenters. The van der Waals surface area contributed by atoms with Gasteiger partial charge in [-0.05, 0) is 54.1 Å². The van der Waals surface area contributed by atoms with Crippen LogP contribution in [-0.4, -0.2) is 45.7 Å². The zero-order chi connectivity index (χ0) is 24.5. The minimum Gasteiger partial charge on any atom is -0.379 e. The maximum Gasteiger partial charge on any atom is 0.261 e. The van der Waals surface area contributed by atoms with Crippen LogP contribution in [0.5, 0.6) is 0 Å². The number of anilines is 1. The number of aromatic nitrogens is 3. The number of amides is 2. The number of hydrogen-bond acceptors (Lipinski definition) is 7. The Kier molecular flexibility index (Phi) is 6.18. The summed E-state index contributed by atoms with van der Waals surface area (Å²) in [5, 5.41) is 11.9. The number of carbonyl (C=O) groups excluding carboxylic acids is 2. The second-order valence-electron chi connectivity index (χ2n) is 8.36. The summed E-state index contributed by atoms with van der Waals surface area (Å²) < 4.78 is 20.0. The largest absolute Gasteiger partial charge is 0.379 e. The van der Waals surface area contributed by atoms with Crippen LogP contribution in [0.15, 0.2) is 48.0 Å². The van der Waals surface area contributed by atoms with Gasteiger partial charge >= 0.3 is 0 Å². The first kappa shape index (κ1) is 22.9. The van der Waals surface area contributed by atoms with Crippen molar-refractivity contribution in [1.82, 2.24) is 25.2 Å². The number of pyridine rings is 1. The Balaban J connectivity index is 1.39. The number of rotatable bonds is 6. The molecule has 0 spiro atoms. The minimum absolute atomic E-state index is 0.0561. The van der Waals surface area contributed by atoms with Gasteiger partial charge in [-0.15, -0.1) is 16.4 Å². The van der Waals surface area contributed by atoms with Gasteiger partial charge in [0.2, 0.25) is 5.95 Å². The number of thiophene rings is 1. The summed E-state index contributed by atoms with van der Waals surface area (Å²) in [4.78, 5) is 30.6. The summed E-state index contributed by atoms with van der Waals surface area (Å²) in [6, 6.07) is 9.13. The molecule has 3 aromatic heterocycles. The van der Waals surface area contributed by atoms with Crippen molar-refractivity contribution in [3.63, 3.8) is 0 Å². The average Bonchev–Trinajstić information content (AvgIpc) is 3.59. The van der Waals surface area contributed by atoms with E-state index in [2.05, 4.69) is 20.7 Å². The molecule has 4 N–H and O–H groups in total. The van der Waals surface area contributed by atoms with Crippen LogP contribution < -0.4 is 16.4 Å². The zero-order valence-electron chi connectivity index (χ0n) is 18.8. The molecule has 1 aromatic carbocycles. The maximum atomic E-state index is 13.2. The third kappa shape index (κ3) is 4.86. The number of fused-ring (bicyclic) bond motifs is 1. The number of halogens is 1. The van der Waals surface area contributed by atoms with E-state index in [0.29, 0.717) is 34.9 Å². The highest BCUT2D eigenvalue weighted by Crippen LogP contribution is 2.28. The molecule has 4 heterocycles. The summed E-state index contributed by atoms with van der Waals surface area (Å²) >= 11 is 1.28. The predicted molar refractivity (Wildman–Crippen MR) is 130 cm³/mol. The van der Waals surface area contributed by atoms with Gasteiger partial charge in [-0.1, -0.05) is 12.1 Å². The Bertz CT molecular complexity index is 1390. The molecule has 35 heavy (non-hydrogen) atoms. The van der Waals surface area contributed by atoms with Crippen LogP contribution >= 0.6 is 11.3 Å². The van der Waals surface area contributed by atoms with Crippen LogP contribution in [0.25, 0.3) is 16.8 Å². The van der Waals surface area contributed by atoms with Crippen molar-refractivity contribution >= 4 is 34.7 Å². The van der Waals surface area contributed by atoms with Crippen molar-refractivity contribution in [1.29, 1.82) is 0 Å². The molecule has 1 saturated heterocycles. The molecule has 180 valence electrons. The summed E-state index contributed by atoms with van der Waals surface area (Å²) in [7, 11) is 0. The van der Waals surface area contributed by atoms with Gasteiger partial charge in [-0.25, -0.2) is 8.91 Å². The van der Waals surface area contributed by atoms with Crippen LogP contribution in [0.2, 0.25) is 0 Å². The third-order valence-electron chi connectivity index (χ3n) is 5.83. The molecule has 1 fully saturated rings. The molecule has 1 aliphatic heterocycles. The molecular formula is C24H23FN6O3S. The molecule has 4 aromatic rings. The first-order chi connectivity index (χ1) is 16.9. The lowest BCUT2D eigenvalue weighted by Crippen LogP contribution is -2.35. The highest BCUT2D eigenvalue weighted by molar-refractivity contribution is 7.12. The smallest absolute Gasteiger partial charge is 0.261 e. The van der Waals surface area contributed by atoms with Gasteiger partial charge in [0, 0.05) is 18.4 Å². The quantitative estimate of drug-likeness (QED) is 0.378. The molecular weight excluding hydrogens is 471 g/mol. The number of carbonyl (C=O) groups is 2. The van der Waals surface area contributed by atoms with E-state index in [0.717, 1.165) is 17.5 Å². The number of hydrogen-bond donors (Lipinski definition) is 3. The zero-order valence-corrected chi connectivity index (χ0v) is 19.6. The number of ether oxygens (including phenoxy) is 1. The molecule has 5 rings (SSSR count). The Hall–Kier alpha value is -3.83. The standard InChI is InChI=1S/C24H23FN6O3S/c1-13(14-2-4-17(25)5-3-14)27-23(33)20-9-16(12-35-20)15-8-19(21-29-24(26)30-31(21)10-15)22(32)28-18-6-7-34-11-18/h2-5,8-10,12-13,18H,6-7,11H2,1H3,(H2,26,30)(H,27,33)(H,28,32)/t13-,18-/m0/s1. The molecule has 0 bridgehead atoms. The first-order valence-corrected chi connectivity index (χ1v) is 11.9. The molecule has 9 nitrogen and oxygen atoms in total. The first-order valence-electron chi connectivity index (χ1n) is 11.1. The summed E-state index contributed by atoms with van der Waals surface area (Å²) in [6.45, 7) is 2.91. The van der Waals surface area contributed by atoms with Crippen molar-refractivity contribution in [3.8, 4) is 11.1 Å². The van der Waals surface area contributed by atoms with Crippen molar-refractivity contribution < 1.29 is 18.7 Å². The van der Waals surface area contributed by atoms with Crippen molar-refractivity contribution in [2.24, 2.45) is 0 Å². The normalized spacial score (nSPS) is 16.3. The molecule has 0 saturated carbocycles. The van der Waals surface area contributed by atoms with E-state index in [4.69, 9.17) is 10.5 Å². The summed E-state index contributed by atoms with van der Waals surface area (Å²) in [5.41, 5.74) is 8.72. The minimum atomic E-state index is -0.328. The summed E-state index contributed by atoms with van der Waals surface area (Å²) in [5.74, 6) is -0.809. The van der Waals surface area contributed by atoms with Crippen LogP contribution in [0.4, 0.5) is 10.3 Å². The van der Waals surface area contributed by atoms with Gasteiger partial charge in [-0.3, -0.25) is 9.59 Å². The van der Waals surface area contributed by atoms with E-state index in [1.54, 1.807) is 30.5 Å². The van der Waals surface area contributed by atoms with Gasteiger partial charge in [0.05, 0.1) is 29.1 Å². The van der Waals surface area contributed by atoms with Crippen LogP contribution in [0.1, 0.15) is 45.0 Å². The van der Waals surface area contributed by atoms with Gasteiger partial charge in [0.15, 0.2) is 5.65 Å². The van der Waals surface area contributed by atoms with Crippen LogP contribution in [0.3, 0.4) is 0 Å². The second-order valence-corrected chi connectivity index (χ2v) is 9.27.